The fourth-order valence-electron chi connectivity index (χ4n) is 2.20. The third kappa shape index (κ3) is 2.39. The van der Waals surface area contributed by atoms with Crippen LogP contribution in [0.2, 0.25) is 5.02 Å². The Morgan fingerprint density at radius 2 is 2.44 bits per heavy atom. The number of thioether (sulfide) groups is 1. The highest BCUT2D eigenvalue weighted by Gasteiger charge is 2.25. The standard InChI is InChI=1S/C11H18ClN3S/c1-7-11(12)9(15(2)14-7)6-8(13)10-4-3-5-16-10/h8,10H,3-6,13H2,1-2H3. The van der Waals surface area contributed by atoms with E-state index < -0.39 is 0 Å². The highest BCUT2D eigenvalue weighted by atomic mass is 35.5. The van der Waals surface area contributed by atoms with Crippen molar-refractivity contribution in [1.82, 2.24) is 9.78 Å². The van der Waals surface area contributed by atoms with Crippen LogP contribution in [0.4, 0.5) is 0 Å². The van der Waals surface area contributed by atoms with Crippen LogP contribution in [0.5, 0.6) is 0 Å². The summed E-state index contributed by atoms with van der Waals surface area (Å²) in [6.07, 6.45) is 3.36. The van der Waals surface area contributed by atoms with Gasteiger partial charge >= 0.3 is 0 Å². The molecule has 1 saturated heterocycles. The fraction of sp³-hybridized carbons (Fsp3) is 0.727. The highest BCUT2D eigenvalue weighted by molar-refractivity contribution is 8.00. The number of aromatic nitrogens is 2. The van der Waals surface area contributed by atoms with Gasteiger partial charge < -0.3 is 5.73 Å². The van der Waals surface area contributed by atoms with Crippen LogP contribution in [-0.4, -0.2) is 26.8 Å². The van der Waals surface area contributed by atoms with Crippen molar-refractivity contribution in [1.29, 1.82) is 0 Å². The molecule has 0 saturated carbocycles. The number of rotatable bonds is 3. The van der Waals surface area contributed by atoms with Crippen LogP contribution in [-0.2, 0) is 13.5 Å². The predicted octanol–water partition coefficient (Wildman–Crippen LogP) is 2.15. The maximum atomic E-state index is 6.24. The van der Waals surface area contributed by atoms with Gasteiger partial charge in [0.15, 0.2) is 0 Å². The van der Waals surface area contributed by atoms with Crippen LogP contribution in [0.15, 0.2) is 0 Å². The van der Waals surface area contributed by atoms with Gasteiger partial charge in [0.1, 0.15) is 0 Å². The van der Waals surface area contributed by atoms with Gasteiger partial charge in [-0.1, -0.05) is 11.6 Å². The van der Waals surface area contributed by atoms with Crippen molar-refractivity contribution in [3.8, 4) is 0 Å². The molecule has 0 radical (unpaired) electrons. The lowest BCUT2D eigenvalue weighted by Crippen LogP contribution is -2.33. The Morgan fingerprint density at radius 3 is 2.94 bits per heavy atom. The summed E-state index contributed by atoms with van der Waals surface area (Å²) in [5, 5.41) is 5.68. The molecule has 2 atom stereocenters. The third-order valence-corrected chi connectivity index (χ3v) is 5.16. The number of nitrogens with two attached hydrogens (primary N) is 1. The summed E-state index contributed by atoms with van der Waals surface area (Å²) < 4.78 is 1.86. The first-order valence-electron chi connectivity index (χ1n) is 5.64. The smallest absolute Gasteiger partial charge is 0.0847 e. The van der Waals surface area contributed by atoms with Gasteiger partial charge in [0.25, 0.3) is 0 Å². The van der Waals surface area contributed by atoms with Crippen molar-refractivity contribution in [2.75, 3.05) is 5.75 Å². The highest BCUT2D eigenvalue weighted by Crippen LogP contribution is 2.30. The van der Waals surface area contributed by atoms with Gasteiger partial charge in [-0.05, 0) is 25.5 Å². The molecule has 1 fully saturated rings. The van der Waals surface area contributed by atoms with Gasteiger partial charge in [-0.15, -0.1) is 0 Å². The van der Waals surface area contributed by atoms with E-state index in [1.54, 1.807) is 0 Å². The van der Waals surface area contributed by atoms with Gasteiger partial charge in [-0.2, -0.15) is 16.9 Å². The first-order valence-corrected chi connectivity index (χ1v) is 7.07. The lowest BCUT2D eigenvalue weighted by molar-refractivity contribution is 0.579. The number of hydrogen-bond donors (Lipinski definition) is 1. The van der Waals surface area contributed by atoms with E-state index in [4.69, 9.17) is 17.3 Å². The molecular formula is C11H18ClN3S. The fourth-order valence-corrected chi connectivity index (χ4v) is 3.75. The van der Waals surface area contributed by atoms with Crippen molar-refractivity contribution in [3.63, 3.8) is 0 Å². The zero-order chi connectivity index (χ0) is 11.7. The van der Waals surface area contributed by atoms with Crippen LogP contribution < -0.4 is 5.73 Å². The van der Waals surface area contributed by atoms with Crippen molar-refractivity contribution in [3.05, 3.63) is 16.4 Å². The lowest BCUT2D eigenvalue weighted by Gasteiger charge is -2.18. The van der Waals surface area contributed by atoms with E-state index in [1.165, 1.54) is 18.6 Å². The molecule has 1 aromatic heterocycles. The molecule has 2 heterocycles. The minimum atomic E-state index is 0.194. The van der Waals surface area contributed by atoms with E-state index in [0.29, 0.717) is 5.25 Å². The summed E-state index contributed by atoms with van der Waals surface area (Å²) in [5.74, 6) is 1.25. The lowest BCUT2D eigenvalue weighted by atomic mass is 10.1. The van der Waals surface area contributed by atoms with Crippen molar-refractivity contribution in [2.45, 2.75) is 37.5 Å². The first-order chi connectivity index (χ1) is 7.59. The minimum absolute atomic E-state index is 0.194. The van der Waals surface area contributed by atoms with Crippen molar-refractivity contribution in [2.24, 2.45) is 12.8 Å². The molecule has 1 aromatic rings. The molecule has 0 bridgehead atoms. The maximum Gasteiger partial charge on any atom is 0.0847 e. The molecule has 90 valence electrons. The topological polar surface area (TPSA) is 43.8 Å². The summed E-state index contributed by atoms with van der Waals surface area (Å²) in [7, 11) is 1.93. The van der Waals surface area contributed by atoms with E-state index in [-0.39, 0.29) is 6.04 Å². The van der Waals surface area contributed by atoms with Crippen LogP contribution in [0.25, 0.3) is 0 Å². The van der Waals surface area contributed by atoms with Gasteiger partial charge in [-0.25, -0.2) is 0 Å². The molecule has 3 nitrogen and oxygen atoms in total. The Hall–Kier alpha value is -0.190. The second-order valence-corrected chi connectivity index (χ2v) is 6.11. The zero-order valence-electron chi connectivity index (χ0n) is 9.74. The van der Waals surface area contributed by atoms with Gasteiger partial charge in [0.05, 0.1) is 16.4 Å². The average Bonchev–Trinajstić information content (AvgIpc) is 2.83. The summed E-state index contributed by atoms with van der Waals surface area (Å²) in [5.41, 5.74) is 8.20. The minimum Gasteiger partial charge on any atom is -0.326 e. The number of hydrogen-bond acceptors (Lipinski definition) is 3. The molecular weight excluding hydrogens is 242 g/mol. The SMILES string of the molecule is Cc1nn(C)c(CC(N)C2CCCS2)c1Cl. The molecule has 0 amide bonds. The second kappa shape index (κ2) is 4.98. The molecule has 16 heavy (non-hydrogen) atoms. The summed E-state index contributed by atoms with van der Waals surface area (Å²) in [6.45, 7) is 1.93. The second-order valence-electron chi connectivity index (χ2n) is 4.39. The Kier molecular flexibility index (Phi) is 3.82. The average molecular weight is 260 g/mol. The third-order valence-electron chi connectivity index (χ3n) is 3.13. The van der Waals surface area contributed by atoms with Crippen LogP contribution in [0, 0.1) is 6.92 Å². The summed E-state index contributed by atoms with van der Waals surface area (Å²) in [6, 6.07) is 0.194. The van der Waals surface area contributed by atoms with Gasteiger partial charge in [-0.3, -0.25) is 4.68 Å². The largest absolute Gasteiger partial charge is 0.326 e. The molecule has 2 unspecified atom stereocenters. The predicted molar refractivity (Wildman–Crippen MR) is 70.1 cm³/mol. The molecule has 0 spiro atoms. The van der Waals surface area contributed by atoms with E-state index in [9.17, 15) is 0 Å². The van der Waals surface area contributed by atoms with E-state index >= 15 is 0 Å². The molecule has 2 N–H and O–H groups in total. The first kappa shape index (κ1) is 12.3. The molecule has 0 aromatic carbocycles. The molecule has 1 aliphatic rings. The Morgan fingerprint density at radius 1 is 1.69 bits per heavy atom. The summed E-state index contributed by atoms with van der Waals surface area (Å²) >= 11 is 8.21. The normalized spacial score (nSPS) is 22.6. The van der Waals surface area contributed by atoms with Crippen molar-refractivity contribution >= 4 is 23.4 Å². The zero-order valence-corrected chi connectivity index (χ0v) is 11.3. The molecule has 5 heteroatoms. The monoisotopic (exact) mass is 259 g/mol. The van der Waals surface area contributed by atoms with E-state index in [2.05, 4.69) is 5.10 Å². The van der Waals surface area contributed by atoms with Gasteiger partial charge in [0.2, 0.25) is 0 Å². The number of nitrogens with zero attached hydrogens (tertiary/aromatic N) is 2. The van der Waals surface area contributed by atoms with E-state index in [1.807, 2.05) is 30.4 Å². The van der Waals surface area contributed by atoms with Crippen LogP contribution >= 0.6 is 23.4 Å². The molecule has 2 rings (SSSR count). The quantitative estimate of drug-likeness (QED) is 0.905. The molecule has 1 aliphatic heterocycles. The maximum absolute atomic E-state index is 6.24. The van der Waals surface area contributed by atoms with Crippen LogP contribution in [0.1, 0.15) is 24.2 Å². The Labute approximate surface area is 106 Å². The van der Waals surface area contributed by atoms with Gasteiger partial charge in [0, 0.05) is 24.8 Å². The number of aryl methyl sites for hydroxylation is 2. The summed E-state index contributed by atoms with van der Waals surface area (Å²) in [4.78, 5) is 0. The Balaban J connectivity index is 2.07. The van der Waals surface area contributed by atoms with Crippen molar-refractivity contribution < 1.29 is 0 Å². The Bertz CT molecular complexity index is 372. The van der Waals surface area contributed by atoms with E-state index in [0.717, 1.165) is 22.8 Å². The number of halogens is 1. The van der Waals surface area contributed by atoms with Crippen LogP contribution in [0.3, 0.4) is 0 Å². The molecule has 0 aliphatic carbocycles.